The number of nitrogens with zero attached hydrogens (tertiary/aromatic N) is 2. The smallest absolute Gasteiger partial charge is 0.748 e. The van der Waals surface area contributed by atoms with Crippen molar-refractivity contribution in [1.29, 1.82) is 10.5 Å². The Labute approximate surface area is 120 Å². The third-order valence-electron chi connectivity index (χ3n) is 1.97. The number of hydrogen-bond acceptors (Lipinski definition) is 5. The van der Waals surface area contributed by atoms with Crippen LogP contribution in [0.1, 0.15) is 13.3 Å². The molecular formula is C8H12N2NaO3PS. The summed E-state index contributed by atoms with van der Waals surface area (Å²) in [5.74, 6) is -0.760. The molecule has 0 saturated carbocycles. The molecule has 0 bridgehead atoms. The summed E-state index contributed by atoms with van der Waals surface area (Å²) in [7, 11) is -4.04. The molecule has 0 amide bonds. The summed E-state index contributed by atoms with van der Waals surface area (Å²) in [4.78, 5) is 0. The Balaban J connectivity index is 0. The van der Waals surface area contributed by atoms with Gasteiger partial charge in [0.25, 0.3) is 0 Å². The Morgan fingerprint density at radius 3 is 2.38 bits per heavy atom. The minimum Gasteiger partial charge on any atom is -0.748 e. The van der Waals surface area contributed by atoms with E-state index in [1.807, 2.05) is 12.1 Å². The summed E-state index contributed by atoms with van der Waals surface area (Å²) in [6.45, 7) is 1.25. The maximum atomic E-state index is 10.7. The summed E-state index contributed by atoms with van der Waals surface area (Å²) in [6, 6.07) is 3.79. The van der Waals surface area contributed by atoms with Crippen LogP contribution in [0, 0.1) is 28.6 Å². The van der Waals surface area contributed by atoms with Crippen molar-refractivity contribution in [2.75, 3.05) is 12.3 Å². The summed E-state index contributed by atoms with van der Waals surface area (Å²) >= 11 is 0. The zero-order valence-electron chi connectivity index (χ0n) is 9.30. The third-order valence-corrected chi connectivity index (χ3v) is 4.54. The first-order valence-corrected chi connectivity index (χ1v) is 7.24. The van der Waals surface area contributed by atoms with Crippen molar-refractivity contribution in [3.63, 3.8) is 0 Å². The van der Waals surface area contributed by atoms with Crippen molar-refractivity contribution in [3.05, 3.63) is 0 Å². The van der Waals surface area contributed by atoms with Crippen LogP contribution in [0.15, 0.2) is 0 Å². The first-order valence-electron chi connectivity index (χ1n) is 4.35. The Morgan fingerprint density at radius 2 is 2.00 bits per heavy atom. The van der Waals surface area contributed by atoms with Gasteiger partial charge in [0.15, 0.2) is 0 Å². The van der Waals surface area contributed by atoms with Crippen LogP contribution in [0.25, 0.3) is 0 Å². The normalized spacial score (nSPS) is 14.8. The molecule has 8 heteroatoms. The molecule has 5 nitrogen and oxygen atoms in total. The van der Waals surface area contributed by atoms with Crippen LogP contribution in [-0.4, -0.2) is 30.5 Å². The van der Waals surface area contributed by atoms with Crippen LogP contribution < -0.4 is 29.6 Å². The zero-order chi connectivity index (χ0) is 11.9. The molecule has 0 saturated heterocycles. The van der Waals surface area contributed by atoms with E-state index in [4.69, 9.17) is 10.5 Å². The van der Waals surface area contributed by atoms with Crippen molar-refractivity contribution >= 4 is 18.7 Å². The third kappa shape index (κ3) is 7.57. The van der Waals surface area contributed by atoms with Gasteiger partial charge in [0.1, 0.15) is 0 Å². The van der Waals surface area contributed by atoms with Crippen molar-refractivity contribution in [2.24, 2.45) is 5.92 Å². The van der Waals surface area contributed by atoms with Crippen molar-refractivity contribution < 1.29 is 42.5 Å². The topological polar surface area (TPSA) is 105 Å². The van der Waals surface area contributed by atoms with Crippen molar-refractivity contribution in [3.8, 4) is 12.1 Å². The van der Waals surface area contributed by atoms with Gasteiger partial charge in [-0.25, -0.2) is 8.42 Å². The van der Waals surface area contributed by atoms with Gasteiger partial charge in [0.05, 0.1) is 33.4 Å². The second-order valence-electron chi connectivity index (χ2n) is 3.05. The van der Waals surface area contributed by atoms with E-state index in [1.54, 1.807) is 0 Å². The fourth-order valence-electron chi connectivity index (χ4n) is 0.920. The van der Waals surface area contributed by atoms with Gasteiger partial charge < -0.3 is 4.55 Å². The molecule has 0 rings (SSSR count). The van der Waals surface area contributed by atoms with Crippen LogP contribution in [0.2, 0.25) is 0 Å². The van der Waals surface area contributed by atoms with E-state index in [0.29, 0.717) is 27.3 Å². The molecule has 0 aromatic heterocycles. The molecule has 0 fully saturated rings. The first kappa shape index (κ1) is 18.7. The molecule has 0 N–H and O–H groups in total. The van der Waals surface area contributed by atoms with Gasteiger partial charge in [-0.1, -0.05) is 0 Å². The standard InChI is InChI=1S/C8H13N2O3PS.Na/c1-7(15(11,12)13)8(5-10)6-14-4-2-3-9;/h7-8,14H,2,4,6H2,1H3,(H,11,12,13);/q;+1/p-1. The predicted molar refractivity (Wildman–Crippen MR) is 56.5 cm³/mol. The molecule has 0 radical (unpaired) electrons. The minimum atomic E-state index is -4.39. The maximum Gasteiger partial charge on any atom is 1.00 e. The fraction of sp³-hybridized carbons (Fsp3) is 0.750. The quantitative estimate of drug-likeness (QED) is 0.233. The van der Waals surface area contributed by atoms with Crippen LogP contribution in [0.3, 0.4) is 0 Å². The average molecular weight is 270 g/mol. The van der Waals surface area contributed by atoms with Crippen LogP contribution in [-0.2, 0) is 10.1 Å². The van der Waals surface area contributed by atoms with Crippen molar-refractivity contribution in [2.45, 2.75) is 18.6 Å². The fourth-order valence-corrected chi connectivity index (χ4v) is 2.90. The molecule has 0 aliphatic rings. The predicted octanol–water partition coefficient (Wildman–Crippen LogP) is -2.34. The Kier molecular flexibility index (Phi) is 10.9. The maximum absolute atomic E-state index is 10.7. The Morgan fingerprint density at radius 1 is 1.44 bits per heavy atom. The number of nitriles is 2. The average Bonchev–Trinajstić information content (AvgIpc) is 2.16. The van der Waals surface area contributed by atoms with Gasteiger partial charge in [-0.15, -0.1) is 8.58 Å². The summed E-state index contributed by atoms with van der Waals surface area (Å²) in [6.07, 6.45) is 1.43. The summed E-state index contributed by atoms with van der Waals surface area (Å²) in [5.41, 5.74) is 0. The first-order chi connectivity index (χ1) is 6.93. The van der Waals surface area contributed by atoms with E-state index in [2.05, 4.69) is 0 Å². The Bertz CT molecular complexity index is 374. The van der Waals surface area contributed by atoms with E-state index in [9.17, 15) is 13.0 Å². The van der Waals surface area contributed by atoms with Gasteiger partial charge in [0.2, 0.25) is 0 Å². The van der Waals surface area contributed by atoms with Gasteiger partial charge in [-0.05, 0) is 19.2 Å². The van der Waals surface area contributed by atoms with E-state index in [1.165, 1.54) is 6.92 Å². The SMILES string of the molecule is CC(C(C#N)CPCCC#N)S(=O)(=O)[O-].[Na+]. The molecule has 0 heterocycles. The molecule has 16 heavy (non-hydrogen) atoms. The monoisotopic (exact) mass is 270 g/mol. The van der Waals surface area contributed by atoms with Crippen molar-refractivity contribution in [1.82, 2.24) is 0 Å². The summed E-state index contributed by atoms with van der Waals surface area (Å²) in [5, 5.41) is 15.8. The van der Waals surface area contributed by atoms with E-state index >= 15 is 0 Å². The van der Waals surface area contributed by atoms with Crippen LogP contribution in [0.5, 0.6) is 0 Å². The van der Waals surface area contributed by atoms with E-state index in [0.717, 1.165) is 0 Å². The zero-order valence-corrected chi connectivity index (χ0v) is 13.1. The molecule has 0 spiro atoms. The molecule has 0 aliphatic carbocycles. The second kappa shape index (κ2) is 9.36. The second-order valence-corrected chi connectivity index (χ2v) is 6.18. The van der Waals surface area contributed by atoms with E-state index in [-0.39, 0.29) is 29.6 Å². The largest absolute Gasteiger partial charge is 1.00 e. The Hall–Kier alpha value is 0.320. The molecule has 0 aromatic carbocycles. The molecule has 0 aromatic rings. The molecular weight excluding hydrogens is 258 g/mol. The van der Waals surface area contributed by atoms with Gasteiger partial charge in [-0.3, -0.25) is 0 Å². The van der Waals surface area contributed by atoms with Gasteiger partial charge in [0, 0.05) is 6.42 Å². The molecule has 3 atom stereocenters. The number of rotatable bonds is 6. The molecule has 3 unspecified atom stereocenters. The minimum absolute atomic E-state index is 0. The molecule has 84 valence electrons. The summed E-state index contributed by atoms with van der Waals surface area (Å²) < 4.78 is 32.0. The van der Waals surface area contributed by atoms with Crippen LogP contribution in [0.4, 0.5) is 0 Å². The van der Waals surface area contributed by atoms with Gasteiger partial charge >= 0.3 is 29.6 Å². The van der Waals surface area contributed by atoms with Gasteiger partial charge in [-0.2, -0.15) is 10.5 Å². The van der Waals surface area contributed by atoms with E-state index < -0.39 is 21.3 Å². The number of hydrogen-bond donors (Lipinski definition) is 0. The van der Waals surface area contributed by atoms with Crippen LogP contribution >= 0.6 is 8.58 Å². The molecule has 0 aliphatic heterocycles.